The fourth-order valence-electron chi connectivity index (χ4n) is 9.03. The number of esters is 1. The Morgan fingerprint density at radius 3 is 2.13 bits per heavy atom. The molecule has 18 atom stereocenters. The zero-order chi connectivity index (χ0) is 40.0. The number of rotatable bonds is 7. The molecule has 0 spiro atoms. The molecule has 4 saturated heterocycles. The third-order valence-electron chi connectivity index (χ3n) is 12.3. The van der Waals surface area contributed by atoms with Crippen LogP contribution in [0.1, 0.15) is 94.9 Å². The van der Waals surface area contributed by atoms with E-state index in [-0.39, 0.29) is 37.2 Å². The average Bonchev–Trinajstić information content (AvgIpc) is 3.40. The summed E-state index contributed by atoms with van der Waals surface area (Å²) in [5.41, 5.74) is -4.33. The monoisotopic (exact) mass is 759 g/mol. The lowest BCUT2D eigenvalue weighted by Gasteiger charge is -2.49. The summed E-state index contributed by atoms with van der Waals surface area (Å²) in [4.78, 5) is 43.0. The Hall–Kier alpha value is -1.95. The molecule has 4 rings (SSSR count). The standard InChI is InChI=1S/C38H65NO14/c1-14-25-38(10)32(52-35(44)53-38)20(4)27(40)18(2)16-36(8,45)31(51-34-28(41)24(39(11)12)15-19(3)47-34)21(5)29(22(6)33(43)49-25)50-26-17-37(9,46-13)30(42)23(7)48-26/h18-26,28-32,34,41-42,45H,14-17H2,1-13H3/t18-,19-,20+,21+,22-,23+,24+,25+,26?,28-,29+,30+,31?,32-,34?,36+,37-,38-/m1/s1. The minimum atomic E-state index is -1.78. The highest BCUT2D eigenvalue weighted by molar-refractivity contribution is 5.84. The number of cyclic esters (lactones) is 1. The van der Waals surface area contributed by atoms with Crippen molar-refractivity contribution in [1.82, 2.24) is 4.90 Å². The van der Waals surface area contributed by atoms with Crippen molar-refractivity contribution in [2.75, 3.05) is 21.2 Å². The van der Waals surface area contributed by atoms with E-state index in [0.717, 1.165) is 0 Å². The SMILES string of the molecule is CC[C@@H]1OC(=O)[C@H](C)[C@@H](OC2C[C@@](C)(OC)[C@@H](O)[C@H](C)O2)[C@H](C)C(OC2O[C@H](C)C[C@H](N(C)C)[C@H]2O)[C@@](C)(O)C[C@@H](C)C(=O)[C@H](C)[C@H]2OC(=O)O[C@]12C. The van der Waals surface area contributed by atoms with E-state index in [4.69, 9.17) is 37.9 Å². The van der Waals surface area contributed by atoms with Crippen LogP contribution in [-0.4, -0.2) is 144 Å². The Bertz CT molecular complexity index is 1300. The number of ether oxygens (including phenoxy) is 8. The van der Waals surface area contributed by atoms with Crippen LogP contribution in [0.15, 0.2) is 0 Å². The highest BCUT2D eigenvalue weighted by atomic mass is 16.8. The summed E-state index contributed by atoms with van der Waals surface area (Å²) in [6.07, 6.45) is -9.81. The normalized spacial score (nSPS) is 49.1. The number of aliphatic hydroxyl groups is 3. The Morgan fingerprint density at radius 1 is 0.906 bits per heavy atom. The van der Waals surface area contributed by atoms with E-state index >= 15 is 0 Å². The van der Waals surface area contributed by atoms with Crippen molar-refractivity contribution < 1.29 is 67.6 Å². The summed E-state index contributed by atoms with van der Waals surface area (Å²) in [6, 6.07) is -0.322. The molecule has 15 heteroatoms. The second-order valence-electron chi connectivity index (χ2n) is 16.9. The van der Waals surface area contributed by atoms with E-state index < -0.39 is 108 Å². The molecule has 0 saturated carbocycles. The van der Waals surface area contributed by atoms with Crippen molar-refractivity contribution in [2.24, 2.45) is 23.7 Å². The number of aliphatic hydroxyl groups excluding tert-OH is 2. The van der Waals surface area contributed by atoms with Gasteiger partial charge in [-0.15, -0.1) is 0 Å². The Balaban J connectivity index is 1.84. The molecule has 0 aliphatic carbocycles. The second kappa shape index (κ2) is 16.6. The van der Waals surface area contributed by atoms with Gasteiger partial charge in [-0.2, -0.15) is 0 Å². The van der Waals surface area contributed by atoms with Crippen molar-refractivity contribution in [3.05, 3.63) is 0 Å². The van der Waals surface area contributed by atoms with Gasteiger partial charge in [-0.3, -0.25) is 9.59 Å². The fraction of sp³-hybridized carbons (Fsp3) is 0.921. The van der Waals surface area contributed by atoms with Crippen LogP contribution in [0.25, 0.3) is 0 Å². The van der Waals surface area contributed by atoms with Crippen LogP contribution >= 0.6 is 0 Å². The fourth-order valence-corrected chi connectivity index (χ4v) is 9.03. The molecule has 15 nitrogen and oxygen atoms in total. The van der Waals surface area contributed by atoms with Crippen molar-refractivity contribution in [3.63, 3.8) is 0 Å². The van der Waals surface area contributed by atoms with Gasteiger partial charge in [0.15, 0.2) is 24.3 Å². The van der Waals surface area contributed by atoms with Gasteiger partial charge in [-0.25, -0.2) is 4.79 Å². The topological polar surface area (TPSA) is 189 Å². The van der Waals surface area contributed by atoms with Crippen molar-refractivity contribution in [1.29, 1.82) is 0 Å². The Morgan fingerprint density at radius 2 is 1.55 bits per heavy atom. The number of nitrogens with zero attached hydrogens (tertiary/aromatic N) is 1. The van der Waals surface area contributed by atoms with Gasteiger partial charge < -0.3 is 58.1 Å². The first-order valence-electron chi connectivity index (χ1n) is 19.1. The zero-order valence-corrected chi connectivity index (χ0v) is 33.8. The number of likely N-dealkylation sites (N-methyl/N-ethyl adjacent to an activating group) is 1. The molecule has 0 amide bonds. The third-order valence-corrected chi connectivity index (χ3v) is 12.3. The number of methoxy groups -OCH3 is 1. The van der Waals surface area contributed by atoms with E-state index in [1.54, 1.807) is 62.3 Å². The van der Waals surface area contributed by atoms with Crippen LogP contribution in [0.4, 0.5) is 4.79 Å². The number of carbonyl (C=O) groups is 3. The molecule has 4 heterocycles. The van der Waals surface area contributed by atoms with Gasteiger partial charge in [0.05, 0.1) is 47.5 Å². The maximum atomic E-state index is 14.3. The lowest BCUT2D eigenvalue weighted by Crippen LogP contribution is -2.61. The molecule has 3 unspecified atom stereocenters. The van der Waals surface area contributed by atoms with Crippen LogP contribution in [0, 0.1) is 23.7 Å². The zero-order valence-electron chi connectivity index (χ0n) is 33.8. The average molecular weight is 760 g/mol. The molecule has 3 N–H and O–H groups in total. The highest BCUT2D eigenvalue weighted by Crippen LogP contribution is 2.43. The molecule has 4 fully saturated rings. The molecular formula is C38H65NO14. The lowest BCUT2D eigenvalue weighted by atomic mass is 9.74. The molecule has 0 bridgehead atoms. The van der Waals surface area contributed by atoms with Crippen LogP contribution in [-0.2, 0) is 47.5 Å². The van der Waals surface area contributed by atoms with Crippen LogP contribution in [0.2, 0.25) is 0 Å². The van der Waals surface area contributed by atoms with E-state index in [2.05, 4.69) is 0 Å². The van der Waals surface area contributed by atoms with Crippen molar-refractivity contribution in [3.8, 4) is 0 Å². The smallest absolute Gasteiger partial charge is 0.458 e. The first-order valence-corrected chi connectivity index (χ1v) is 19.1. The molecule has 0 aromatic rings. The molecule has 4 aliphatic heterocycles. The van der Waals surface area contributed by atoms with Crippen molar-refractivity contribution in [2.45, 2.75) is 179 Å². The largest absolute Gasteiger partial charge is 0.509 e. The van der Waals surface area contributed by atoms with E-state index in [0.29, 0.717) is 6.42 Å². The quantitative estimate of drug-likeness (QED) is 0.321. The molecule has 4 aliphatic rings. The first kappa shape index (κ1) is 43.8. The molecule has 0 aromatic carbocycles. The number of carbonyl (C=O) groups excluding carboxylic acids is 3. The number of hydrogen-bond donors (Lipinski definition) is 3. The summed E-state index contributed by atoms with van der Waals surface area (Å²) < 4.78 is 48.7. The maximum absolute atomic E-state index is 14.3. The van der Waals surface area contributed by atoms with Crippen LogP contribution in [0.3, 0.4) is 0 Å². The third kappa shape index (κ3) is 8.88. The molecule has 0 radical (unpaired) electrons. The molecule has 53 heavy (non-hydrogen) atoms. The first-order chi connectivity index (χ1) is 24.5. The van der Waals surface area contributed by atoms with Crippen LogP contribution < -0.4 is 0 Å². The van der Waals surface area contributed by atoms with E-state index in [1.807, 2.05) is 25.9 Å². The van der Waals surface area contributed by atoms with Crippen molar-refractivity contribution >= 4 is 17.9 Å². The number of hydrogen-bond acceptors (Lipinski definition) is 15. The van der Waals surface area contributed by atoms with E-state index in [1.165, 1.54) is 7.11 Å². The van der Waals surface area contributed by atoms with E-state index in [9.17, 15) is 29.7 Å². The summed E-state index contributed by atoms with van der Waals surface area (Å²) in [5.74, 6) is -4.54. The van der Waals surface area contributed by atoms with Gasteiger partial charge in [-0.05, 0) is 74.9 Å². The van der Waals surface area contributed by atoms with Gasteiger partial charge in [0.2, 0.25) is 0 Å². The Kier molecular flexibility index (Phi) is 13.7. The number of ketones is 1. The molecule has 0 aromatic heterocycles. The second-order valence-corrected chi connectivity index (χ2v) is 16.9. The number of Topliss-reactive ketones (excluding diaryl/α,β-unsaturated/α-hetero) is 1. The minimum Gasteiger partial charge on any atom is -0.458 e. The number of fused-ring (bicyclic) bond motifs is 1. The predicted octanol–water partition coefficient (Wildman–Crippen LogP) is 2.97. The summed E-state index contributed by atoms with van der Waals surface area (Å²) >= 11 is 0. The van der Waals surface area contributed by atoms with Gasteiger partial charge in [-0.1, -0.05) is 27.7 Å². The van der Waals surface area contributed by atoms with Crippen LogP contribution in [0.5, 0.6) is 0 Å². The minimum absolute atomic E-state index is 0.0996. The van der Waals surface area contributed by atoms with Gasteiger partial charge in [0.1, 0.15) is 24.1 Å². The van der Waals surface area contributed by atoms with Gasteiger partial charge in [0, 0.05) is 31.4 Å². The summed E-state index contributed by atoms with van der Waals surface area (Å²) in [5, 5.41) is 34.9. The highest BCUT2D eigenvalue weighted by Gasteiger charge is 2.59. The molecule has 306 valence electrons. The summed E-state index contributed by atoms with van der Waals surface area (Å²) in [6.45, 7) is 16.9. The predicted molar refractivity (Wildman–Crippen MR) is 189 cm³/mol. The molecular weight excluding hydrogens is 694 g/mol. The van der Waals surface area contributed by atoms with Gasteiger partial charge in [0.25, 0.3) is 0 Å². The summed E-state index contributed by atoms with van der Waals surface area (Å²) in [7, 11) is 5.20. The van der Waals surface area contributed by atoms with Gasteiger partial charge >= 0.3 is 12.1 Å². The maximum Gasteiger partial charge on any atom is 0.509 e. The Labute approximate surface area is 314 Å². The lowest BCUT2D eigenvalue weighted by molar-refractivity contribution is -0.318.